The Morgan fingerprint density at radius 2 is 2.19 bits per heavy atom. The second-order valence-corrected chi connectivity index (χ2v) is 7.82. The van der Waals surface area contributed by atoms with E-state index in [1.165, 1.54) is 6.26 Å². The van der Waals surface area contributed by atoms with Crippen molar-refractivity contribution in [2.75, 3.05) is 18.5 Å². The van der Waals surface area contributed by atoms with Crippen LogP contribution in [-0.2, 0) is 20.8 Å². The van der Waals surface area contributed by atoms with Crippen molar-refractivity contribution in [3.63, 3.8) is 0 Å². The fourth-order valence-corrected chi connectivity index (χ4v) is 3.11. The molecule has 0 amide bonds. The van der Waals surface area contributed by atoms with Crippen LogP contribution >= 0.6 is 11.3 Å². The smallest absolute Gasteiger partial charge is 0.269 e. The molecule has 7 nitrogen and oxygen atoms in total. The Morgan fingerprint density at radius 1 is 1.56 bits per heavy atom. The lowest BCUT2D eigenvalue weighted by Crippen LogP contribution is -2.32. The summed E-state index contributed by atoms with van der Waals surface area (Å²) in [5, 5.41) is 6.67. The summed E-state index contributed by atoms with van der Waals surface area (Å²) < 4.78 is 36.4. The number of nitrogens with zero attached hydrogens (tertiary/aromatic N) is 2. The minimum atomic E-state index is -3.69. The number of hydrogen-bond acceptors (Lipinski definition) is 7. The molecule has 0 aliphatic carbocycles. The van der Waals surface area contributed by atoms with Crippen molar-refractivity contribution < 1.29 is 12.6 Å². The molecule has 0 aromatic carbocycles. The first-order valence-corrected chi connectivity index (χ1v) is 8.16. The molecule has 0 spiro atoms. The van der Waals surface area contributed by atoms with E-state index in [0.29, 0.717) is 0 Å². The Hall–Kier alpha value is -0.580. The Kier molecular flexibility index (Phi) is 4.35. The number of hydrogen-bond donors (Lipinski definition) is 2. The van der Waals surface area contributed by atoms with Crippen LogP contribution < -0.4 is 10.5 Å². The van der Waals surface area contributed by atoms with Crippen LogP contribution in [0.2, 0.25) is 0 Å². The number of nitrogen functional groups attached to an aromatic ring is 1. The first kappa shape index (κ1) is 13.5. The number of anilines is 1. The SMILES string of the molecule is CC(CNS(=O)(=O)c1nnc(N)s1)S(C)=O. The third kappa shape index (κ3) is 3.47. The van der Waals surface area contributed by atoms with Crippen LogP contribution in [0.3, 0.4) is 0 Å². The van der Waals surface area contributed by atoms with Gasteiger partial charge in [0.2, 0.25) is 9.47 Å². The van der Waals surface area contributed by atoms with Crippen LogP contribution in [0.1, 0.15) is 6.92 Å². The van der Waals surface area contributed by atoms with Gasteiger partial charge in [-0.1, -0.05) is 11.3 Å². The minimum Gasteiger partial charge on any atom is -0.374 e. The van der Waals surface area contributed by atoms with Crippen molar-refractivity contribution in [1.29, 1.82) is 0 Å². The summed E-state index contributed by atoms with van der Waals surface area (Å²) in [5.74, 6) is 0. The summed E-state index contributed by atoms with van der Waals surface area (Å²) in [4.78, 5) is 0. The van der Waals surface area contributed by atoms with E-state index >= 15 is 0 Å². The van der Waals surface area contributed by atoms with Crippen LogP contribution in [0.4, 0.5) is 5.13 Å². The van der Waals surface area contributed by atoms with Gasteiger partial charge in [-0.05, 0) is 6.92 Å². The van der Waals surface area contributed by atoms with Gasteiger partial charge in [-0.15, -0.1) is 10.2 Å². The minimum absolute atomic E-state index is 0.0882. The molecule has 1 aromatic heterocycles. The van der Waals surface area contributed by atoms with Crippen molar-refractivity contribution in [3.8, 4) is 0 Å². The highest BCUT2D eigenvalue weighted by Gasteiger charge is 2.20. The number of rotatable bonds is 5. The fourth-order valence-electron chi connectivity index (χ4n) is 0.735. The maximum Gasteiger partial charge on any atom is 0.269 e. The average Bonchev–Trinajstić information content (AvgIpc) is 2.61. The topological polar surface area (TPSA) is 115 Å². The maximum absolute atomic E-state index is 11.6. The van der Waals surface area contributed by atoms with Gasteiger partial charge in [0.05, 0.1) is 0 Å². The van der Waals surface area contributed by atoms with E-state index in [2.05, 4.69) is 14.9 Å². The molecular weight excluding hydrogens is 272 g/mol. The Morgan fingerprint density at radius 3 is 2.62 bits per heavy atom. The van der Waals surface area contributed by atoms with Crippen molar-refractivity contribution in [3.05, 3.63) is 0 Å². The summed E-state index contributed by atoms with van der Waals surface area (Å²) in [6.07, 6.45) is 1.52. The largest absolute Gasteiger partial charge is 0.374 e. The molecule has 0 bridgehead atoms. The maximum atomic E-state index is 11.6. The van der Waals surface area contributed by atoms with Gasteiger partial charge in [-0.2, -0.15) is 0 Å². The predicted molar refractivity (Wildman–Crippen MR) is 63.0 cm³/mol. The number of nitrogens with one attached hydrogen (secondary N) is 1. The zero-order valence-electron chi connectivity index (χ0n) is 8.71. The highest BCUT2D eigenvalue weighted by atomic mass is 32.2. The average molecular weight is 284 g/mol. The molecule has 10 heteroatoms. The molecular formula is C6H12N4O3S3. The number of nitrogens with two attached hydrogens (primary N) is 1. The van der Waals surface area contributed by atoms with Gasteiger partial charge in [0.1, 0.15) is 0 Å². The second kappa shape index (κ2) is 5.17. The lowest BCUT2D eigenvalue weighted by Gasteiger charge is -2.08. The highest BCUT2D eigenvalue weighted by molar-refractivity contribution is 7.91. The molecule has 0 saturated heterocycles. The van der Waals surface area contributed by atoms with Crippen molar-refractivity contribution in [1.82, 2.24) is 14.9 Å². The van der Waals surface area contributed by atoms with Crippen molar-refractivity contribution >= 4 is 37.3 Å². The summed E-state index contributed by atoms with van der Waals surface area (Å²) in [5.41, 5.74) is 5.28. The molecule has 0 radical (unpaired) electrons. The molecule has 1 heterocycles. The van der Waals surface area contributed by atoms with E-state index in [9.17, 15) is 12.6 Å². The van der Waals surface area contributed by atoms with Crippen LogP contribution in [0.25, 0.3) is 0 Å². The number of sulfonamides is 1. The molecule has 1 rings (SSSR count). The molecule has 0 saturated carbocycles. The lowest BCUT2D eigenvalue weighted by atomic mass is 10.5. The van der Waals surface area contributed by atoms with Crippen molar-refractivity contribution in [2.45, 2.75) is 16.5 Å². The third-order valence-electron chi connectivity index (χ3n) is 1.78. The Bertz CT molecular complexity index is 483. The summed E-state index contributed by atoms with van der Waals surface area (Å²) in [7, 11) is -4.77. The lowest BCUT2D eigenvalue weighted by molar-refractivity contribution is 0.578. The van der Waals surface area contributed by atoms with Gasteiger partial charge in [0.15, 0.2) is 0 Å². The highest BCUT2D eigenvalue weighted by Crippen LogP contribution is 2.16. The zero-order valence-corrected chi connectivity index (χ0v) is 11.2. The molecule has 2 unspecified atom stereocenters. The standard InChI is InChI=1S/C6H12N4O3S3/c1-4(15(2)11)3-8-16(12,13)6-10-9-5(7)14-6/h4,8H,3H2,1-2H3,(H2,7,9). The van der Waals surface area contributed by atoms with Gasteiger partial charge >= 0.3 is 0 Å². The molecule has 0 fully saturated rings. The van der Waals surface area contributed by atoms with Gasteiger partial charge in [0, 0.05) is 28.9 Å². The van der Waals surface area contributed by atoms with Gasteiger partial charge in [0.25, 0.3) is 10.0 Å². The van der Waals surface area contributed by atoms with Gasteiger partial charge in [-0.25, -0.2) is 13.1 Å². The third-order valence-corrected chi connectivity index (χ3v) is 5.62. The summed E-state index contributed by atoms with van der Waals surface area (Å²) in [6.45, 7) is 1.78. The van der Waals surface area contributed by atoms with E-state index < -0.39 is 20.8 Å². The van der Waals surface area contributed by atoms with Gasteiger partial charge in [-0.3, -0.25) is 4.21 Å². The first-order chi connectivity index (χ1) is 7.33. The summed E-state index contributed by atoms with van der Waals surface area (Å²) >= 11 is 0.784. The quantitative estimate of drug-likeness (QED) is 0.729. The van der Waals surface area contributed by atoms with Crippen molar-refractivity contribution in [2.24, 2.45) is 0 Å². The Labute approximate surface area is 100.0 Å². The van der Waals surface area contributed by atoms with Crippen LogP contribution in [-0.4, -0.2) is 40.9 Å². The molecule has 0 aliphatic heterocycles. The molecule has 1 aromatic rings. The normalized spacial score (nSPS) is 15.9. The van der Waals surface area contributed by atoms with E-state index in [-0.39, 0.29) is 21.3 Å². The predicted octanol–water partition coefficient (Wildman–Crippen LogP) is -0.834. The van der Waals surface area contributed by atoms with E-state index in [4.69, 9.17) is 5.73 Å². The zero-order chi connectivity index (χ0) is 12.3. The monoisotopic (exact) mass is 284 g/mol. The fraction of sp³-hybridized carbons (Fsp3) is 0.667. The van der Waals surface area contributed by atoms with E-state index in [1.807, 2.05) is 0 Å². The molecule has 2 atom stereocenters. The van der Waals surface area contributed by atoms with Crippen LogP contribution in [0, 0.1) is 0 Å². The second-order valence-electron chi connectivity index (χ2n) is 3.07. The van der Waals surface area contributed by atoms with E-state index in [1.54, 1.807) is 6.92 Å². The molecule has 92 valence electrons. The van der Waals surface area contributed by atoms with Gasteiger partial charge < -0.3 is 5.73 Å². The first-order valence-electron chi connectivity index (χ1n) is 4.24. The number of aromatic nitrogens is 2. The van der Waals surface area contributed by atoms with Crippen LogP contribution in [0.5, 0.6) is 0 Å². The van der Waals surface area contributed by atoms with E-state index in [0.717, 1.165) is 11.3 Å². The molecule has 0 aliphatic rings. The molecule has 16 heavy (non-hydrogen) atoms. The summed E-state index contributed by atoms with van der Waals surface area (Å²) in [6, 6.07) is 0. The van der Waals surface area contributed by atoms with Crippen LogP contribution in [0.15, 0.2) is 4.34 Å². The molecule has 3 N–H and O–H groups in total. The Balaban J connectivity index is 2.70.